The molecule has 0 radical (unpaired) electrons. The zero-order chi connectivity index (χ0) is 19.8. The maximum Gasteiger partial charge on any atom is 0.227 e. The van der Waals surface area contributed by atoms with E-state index in [1.807, 2.05) is 30.3 Å². The van der Waals surface area contributed by atoms with Gasteiger partial charge in [0.15, 0.2) is 0 Å². The lowest BCUT2D eigenvalue weighted by Crippen LogP contribution is -2.30. The number of anilines is 2. The standard InChI is InChI=1S/C25H22N2O2/c28-24(12-9-18-14-17-6-2-4-8-23(17)27-25(18)29)26-20-10-11-22-19(15-20)13-16-5-1-3-7-21(16)22/h1-8,10-11,15,18H,9,12-14H2,(H,26,28)(H,27,29). The first kappa shape index (κ1) is 17.7. The minimum Gasteiger partial charge on any atom is -0.326 e. The maximum atomic E-state index is 12.5. The van der Waals surface area contributed by atoms with Gasteiger partial charge in [0, 0.05) is 23.7 Å². The van der Waals surface area contributed by atoms with Crippen molar-refractivity contribution in [1.29, 1.82) is 0 Å². The highest BCUT2D eigenvalue weighted by molar-refractivity contribution is 5.96. The first-order valence-corrected chi connectivity index (χ1v) is 10.1. The largest absolute Gasteiger partial charge is 0.326 e. The Balaban J connectivity index is 1.21. The SMILES string of the molecule is O=C(CCC1Cc2ccccc2NC1=O)Nc1ccc2c(c1)Cc1ccccc1-2. The van der Waals surface area contributed by atoms with Gasteiger partial charge < -0.3 is 10.6 Å². The number of amides is 2. The van der Waals surface area contributed by atoms with Crippen molar-refractivity contribution in [2.24, 2.45) is 5.92 Å². The predicted octanol–water partition coefficient (Wildman–Crippen LogP) is 4.79. The first-order chi connectivity index (χ1) is 14.2. The third-order valence-electron chi connectivity index (χ3n) is 5.91. The summed E-state index contributed by atoms with van der Waals surface area (Å²) in [5.41, 5.74) is 7.94. The van der Waals surface area contributed by atoms with Crippen LogP contribution in [0.25, 0.3) is 11.1 Å². The van der Waals surface area contributed by atoms with Gasteiger partial charge in [-0.25, -0.2) is 0 Å². The van der Waals surface area contributed by atoms with E-state index in [1.165, 1.54) is 22.3 Å². The number of rotatable bonds is 4. The molecule has 2 N–H and O–H groups in total. The summed E-state index contributed by atoms with van der Waals surface area (Å²) >= 11 is 0. The summed E-state index contributed by atoms with van der Waals surface area (Å²) in [6.45, 7) is 0. The molecule has 0 saturated carbocycles. The van der Waals surface area contributed by atoms with Crippen molar-refractivity contribution in [2.45, 2.75) is 25.7 Å². The average Bonchev–Trinajstić information content (AvgIpc) is 3.10. The number of benzene rings is 3. The highest BCUT2D eigenvalue weighted by atomic mass is 16.2. The van der Waals surface area contributed by atoms with Crippen LogP contribution in [-0.4, -0.2) is 11.8 Å². The normalized spacial score (nSPS) is 16.4. The lowest BCUT2D eigenvalue weighted by Gasteiger charge is -2.24. The van der Waals surface area contributed by atoms with E-state index in [4.69, 9.17) is 0 Å². The van der Waals surface area contributed by atoms with E-state index >= 15 is 0 Å². The zero-order valence-electron chi connectivity index (χ0n) is 16.1. The highest BCUT2D eigenvalue weighted by Gasteiger charge is 2.26. The Hall–Kier alpha value is -3.40. The summed E-state index contributed by atoms with van der Waals surface area (Å²) in [4.78, 5) is 24.8. The summed E-state index contributed by atoms with van der Waals surface area (Å²) in [5.74, 6) is -0.205. The molecule has 1 aliphatic heterocycles. The van der Waals surface area contributed by atoms with Crippen molar-refractivity contribution >= 4 is 23.2 Å². The van der Waals surface area contributed by atoms with Crippen LogP contribution >= 0.6 is 0 Å². The number of nitrogens with one attached hydrogen (secondary N) is 2. The van der Waals surface area contributed by atoms with Gasteiger partial charge in [-0.3, -0.25) is 9.59 Å². The third-order valence-corrected chi connectivity index (χ3v) is 5.91. The molecule has 144 valence electrons. The van der Waals surface area contributed by atoms with Crippen LogP contribution in [0.15, 0.2) is 66.7 Å². The summed E-state index contributed by atoms with van der Waals surface area (Å²) < 4.78 is 0. The molecule has 2 aliphatic rings. The molecule has 4 nitrogen and oxygen atoms in total. The lowest BCUT2D eigenvalue weighted by atomic mass is 9.89. The van der Waals surface area contributed by atoms with Gasteiger partial charge in [-0.2, -0.15) is 0 Å². The molecule has 1 unspecified atom stereocenters. The number of hydrogen-bond donors (Lipinski definition) is 2. The Kier molecular flexibility index (Phi) is 4.39. The van der Waals surface area contributed by atoms with Crippen LogP contribution in [0, 0.1) is 5.92 Å². The number of carbonyl (C=O) groups excluding carboxylic acids is 2. The second-order valence-corrected chi connectivity index (χ2v) is 7.84. The van der Waals surface area contributed by atoms with Crippen molar-refractivity contribution in [3.8, 4) is 11.1 Å². The smallest absolute Gasteiger partial charge is 0.227 e. The lowest BCUT2D eigenvalue weighted by molar-refractivity contribution is -0.121. The van der Waals surface area contributed by atoms with Crippen LogP contribution in [0.4, 0.5) is 11.4 Å². The van der Waals surface area contributed by atoms with Gasteiger partial charge in [0.2, 0.25) is 11.8 Å². The molecular formula is C25H22N2O2. The van der Waals surface area contributed by atoms with Crippen molar-refractivity contribution in [3.63, 3.8) is 0 Å². The molecule has 0 spiro atoms. The predicted molar refractivity (Wildman–Crippen MR) is 115 cm³/mol. The molecular weight excluding hydrogens is 360 g/mol. The van der Waals surface area contributed by atoms with Gasteiger partial charge in [-0.1, -0.05) is 48.5 Å². The Morgan fingerprint density at radius 3 is 2.59 bits per heavy atom. The van der Waals surface area contributed by atoms with Crippen LogP contribution in [0.3, 0.4) is 0 Å². The van der Waals surface area contributed by atoms with Gasteiger partial charge in [-0.05, 0) is 65.3 Å². The van der Waals surface area contributed by atoms with Crippen molar-refractivity contribution in [1.82, 2.24) is 0 Å². The van der Waals surface area contributed by atoms with Gasteiger partial charge in [0.1, 0.15) is 0 Å². The summed E-state index contributed by atoms with van der Waals surface area (Å²) in [5, 5.41) is 5.95. The van der Waals surface area contributed by atoms with E-state index < -0.39 is 0 Å². The molecule has 0 bridgehead atoms. The number of hydrogen-bond acceptors (Lipinski definition) is 2. The number of para-hydroxylation sites is 1. The molecule has 0 saturated heterocycles. The Morgan fingerprint density at radius 1 is 0.931 bits per heavy atom. The van der Waals surface area contributed by atoms with Gasteiger partial charge in [0.05, 0.1) is 0 Å². The molecule has 0 aromatic heterocycles. The van der Waals surface area contributed by atoms with Gasteiger partial charge >= 0.3 is 0 Å². The van der Waals surface area contributed by atoms with E-state index in [-0.39, 0.29) is 17.7 Å². The van der Waals surface area contributed by atoms with E-state index in [0.29, 0.717) is 19.3 Å². The quantitative estimate of drug-likeness (QED) is 0.533. The molecule has 2 amide bonds. The summed E-state index contributed by atoms with van der Waals surface area (Å²) in [6.07, 6.45) is 2.46. The van der Waals surface area contributed by atoms with Crippen LogP contribution in [0.5, 0.6) is 0 Å². The molecule has 5 rings (SSSR count). The monoisotopic (exact) mass is 382 g/mol. The summed E-state index contributed by atoms with van der Waals surface area (Å²) in [6, 6.07) is 22.4. The number of fused-ring (bicyclic) bond motifs is 4. The molecule has 1 atom stereocenters. The first-order valence-electron chi connectivity index (χ1n) is 10.1. The fourth-order valence-electron chi connectivity index (χ4n) is 4.40. The Bertz CT molecular complexity index is 1120. The molecule has 0 fully saturated rings. The van der Waals surface area contributed by atoms with E-state index in [1.54, 1.807) is 0 Å². The molecule has 3 aromatic rings. The topological polar surface area (TPSA) is 58.2 Å². The van der Waals surface area contributed by atoms with Crippen LogP contribution in [0.2, 0.25) is 0 Å². The van der Waals surface area contributed by atoms with Gasteiger partial charge in [-0.15, -0.1) is 0 Å². The van der Waals surface area contributed by atoms with Crippen molar-refractivity contribution < 1.29 is 9.59 Å². The second-order valence-electron chi connectivity index (χ2n) is 7.84. The van der Waals surface area contributed by atoms with E-state index in [9.17, 15) is 9.59 Å². The Morgan fingerprint density at radius 2 is 1.69 bits per heavy atom. The van der Waals surface area contributed by atoms with Crippen LogP contribution < -0.4 is 10.6 Å². The molecule has 29 heavy (non-hydrogen) atoms. The third kappa shape index (κ3) is 3.42. The highest BCUT2D eigenvalue weighted by Crippen LogP contribution is 2.37. The molecule has 4 heteroatoms. The van der Waals surface area contributed by atoms with Crippen LogP contribution in [0.1, 0.15) is 29.5 Å². The second kappa shape index (κ2) is 7.21. The van der Waals surface area contributed by atoms with Gasteiger partial charge in [0.25, 0.3) is 0 Å². The molecule has 1 aliphatic carbocycles. The Labute approximate surface area is 170 Å². The molecule has 3 aromatic carbocycles. The van der Waals surface area contributed by atoms with E-state index in [0.717, 1.165) is 23.4 Å². The minimum absolute atomic E-state index is 0.00629. The van der Waals surface area contributed by atoms with Crippen molar-refractivity contribution in [3.05, 3.63) is 83.4 Å². The zero-order valence-corrected chi connectivity index (χ0v) is 16.1. The summed E-state index contributed by atoms with van der Waals surface area (Å²) in [7, 11) is 0. The van der Waals surface area contributed by atoms with E-state index in [2.05, 4.69) is 47.0 Å². The van der Waals surface area contributed by atoms with Crippen molar-refractivity contribution in [2.75, 3.05) is 10.6 Å². The number of carbonyl (C=O) groups is 2. The van der Waals surface area contributed by atoms with Crippen LogP contribution in [-0.2, 0) is 22.4 Å². The average molecular weight is 382 g/mol. The fourth-order valence-corrected chi connectivity index (χ4v) is 4.40. The minimum atomic E-state index is -0.162. The fraction of sp³-hybridized carbons (Fsp3) is 0.200. The molecule has 1 heterocycles. The maximum absolute atomic E-state index is 12.5.